The fraction of sp³-hybridized carbons (Fsp3) is 0.409. The first-order valence-electron chi connectivity index (χ1n) is 9.56. The van der Waals surface area contributed by atoms with Crippen molar-refractivity contribution < 1.29 is 14.3 Å². The second-order valence-corrected chi connectivity index (χ2v) is 7.01. The Bertz CT molecular complexity index is 742. The van der Waals surface area contributed by atoms with Crippen LogP contribution in [0.15, 0.2) is 48.5 Å². The standard InChI is InChI=1S/C22H28N2O3/c1-26-19-12-11-17(21(14-19)27-18-9-5-6-10-18)15-24-22(25)20(23)13-16-7-3-2-4-8-16/h2-4,7-8,11-12,14,18,20H,5-6,9-10,13,15,23H2,1H3,(H,24,25)/t20-/m0/s1. The Morgan fingerprint density at radius 2 is 1.93 bits per heavy atom. The maximum absolute atomic E-state index is 12.4. The zero-order valence-electron chi connectivity index (χ0n) is 15.8. The normalized spacial score (nSPS) is 15.3. The van der Waals surface area contributed by atoms with E-state index in [-0.39, 0.29) is 12.0 Å². The zero-order chi connectivity index (χ0) is 19.1. The predicted molar refractivity (Wildman–Crippen MR) is 106 cm³/mol. The number of nitrogens with two attached hydrogens (primary N) is 1. The predicted octanol–water partition coefficient (Wildman–Crippen LogP) is 3.20. The Balaban J connectivity index is 1.61. The van der Waals surface area contributed by atoms with Crippen LogP contribution in [-0.2, 0) is 17.8 Å². The number of methoxy groups -OCH3 is 1. The zero-order valence-corrected chi connectivity index (χ0v) is 15.8. The number of nitrogens with one attached hydrogen (secondary N) is 1. The Morgan fingerprint density at radius 3 is 2.63 bits per heavy atom. The van der Waals surface area contributed by atoms with Crippen molar-refractivity contribution in [2.45, 2.75) is 50.8 Å². The van der Waals surface area contributed by atoms with Gasteiger partial charge in [-0.3, -0.25) is 4.79 Å². The molecule has 0 unspecified atom stereocenters. The average molecular weight is 368 g/mol. The number of hydrogen-bond acceptors (Lipinski definition) is 4. The molecule has 0 bridgehead atoms. The van der Waals surface area contributed by atoms with Crippen molar-refractivity contribution in [3.8, 4) is 11.5 Å². The van der Waals surface area contributed by atoms with E-state index in [0.717, 1.165) is 35.5 Å². The molecular weight excluding hydrogens is 340 g/mol. The van der Waals surface area contributed by atoms with E-state index in [9.17, 15) is 4.79 Å². The van der Waals surface area contributed by atoms with Crippen LogP contribution in [0.3, 0.4) is 0 Å². The lowest BCUT2D eigenvalue weighted by atomic mass is 10.1. The molecule has 3 N–H and O–H groups in total. The molecule has 1 atom stereocenters. The van der Waals surface area contributed by atoms with E-state index in [1.807, 2.05) is 48.5 Å². The summed E-state index contributed by atoms with van der Waals surface area (Å²) >= 11 is 0. The second kappa shape index (κ2) is 9.42. The van der Waals surface area contributed by atoms with E-state index in [4.69, 9.17) is 15.2 Å². The monoisotopic (exact) mass is 368 g/mol. The van der Waals surface area contributed by atoms with Crippen LogP contribution in [0.4, 0.5) is 0 Å². The summed E-state index contributed by atoms with van der Waals surface area (Å²) in [7, 11) is 1.64. The summed E-state index contributed by atoms with van der Waals surface area (Å²) in [4.78, 5) is 12.4. The minimum Gasteiger partial charge on any atom is -0.497 e. The number of benzene rings is 2. The molecule has 5 heteroatoms. The molecule has 144 valence electrons. The van der Waals surface area contributed by atoms with Gasteiger partial charge in [0.1, 0.15) is 11.5 Å². The summed E-state index contributed by atoms with van der Waals surface area (Å²) < 4.78 is 11.5. The second-order valence-electron chi connectivity index (χ2n) is 7.01. The van der Waals surface area contributed by atoms with Gasteiger partial charge in [-0.2, -0.15) is 0 Å². The lowest BCUT2D eigenvalue weighted by Gasteiger charge is -2.18. The Kier molecular flexibility index (Phi) is 6.71. The average Bonchev–Trinajstić information content (AvgIpc) is 3.20. The van der Waals surface area contributed by atoms with Crippen molar-refractivity contribution in [3.05, 3.63) is 59.7 Å². The van der Waals surface area contributed by atoms with E-state index in [1.165, 1.54) is 12.8 Å². The summed E-state index contributed by atoms with van der Waals surface area (Å²) in [6.07, 6.45) is 5.31. The van der Waals surface area contributed by atoms with Gasteiger partial charge in [-0.05, 0) is 49.8 Å². The third-order valence-corrected chi connectivity index (χ3v) is 4.96. The van der Waals surface area contributed by atoms with Gasteiger partial charge >= 0.3 is 0 Å². The van der Waals surface area contributed by atoms with Crippen LogP contribution in [0, 0.1) is 0 Å². The molecule has 0 aromatic heterocycles. The van der Waals surface area contributed by atoms with Crippen molar-refractivity contribution >= 4 is 5.91 Å². The quantitative estimate of drug-likeness (QED) is 0.750. The molecule has 27 heavy (non-hydrogen) atoms. The molecule has 3 rings (SSSR count). The SMILES string of the molecule is COc1ccc(CNC(=O)[C@@H](N)Cc2ccccc2)c(OC2CCCC2)c1. The van der Waals surface area contributed by atoms with Crippen molar-refractivity contribution in [2.24, 2.45) is 5.73 Å². The first kappa shape index (κ1) is 19.2. The summed E-state index contributed by atoms with van der Waals surface area (Å²) in [5, 5.41) is 2.94. The number of amides is 1. The van der Waals surface area contributed by atoms with Crippen molar-refractivity contribution in [3.63, 3.8) is 0 Å². The van der Waals surface area contributed by atoms with Crippen LogP contribution in [0.25, 0.3) is 0 Å². The molecule has 0 aliphatic heterocycles. The molecule has 0 saturated heterocycles. The molecule has 1 amide bonds. The fourth-order valence-electron chi connectivity index (χ4n) is 3.38. The summed E-state index contributed by atoms with van der Waals surface area (Å²) in [5.41, 5.74) is 8.05. The minimum absolute atomic E-state index is 0.165. The molecule has 1 saturated carbocycles. The van der Waals surface area contributed by atoms with Crippen molar-refractivity contribution in [2.75, 3.05) is 7.11 Å². The maximum Gasteiger partial charge on any atom is 0.237 e. The van der Waals surface area contributed by atoms with E-state index in [0.29, 0.717) is 13.0 Å². The van der Waals surface area contributed by atoms with Crippen LogP contribution in [0.1, 0.15) is 36.8 Å². The fourth-order valence-corrected chi connectivity index (χ4v) is 3.38. The van der Waals surface area contributed by atoms with Crippen LogP contribution < -0.4 is 20.5 Å². The molecule has 2 aromatic rings. The van der Waals surface area contributed by atoms with Gasteiger partial charge in [0.05, 0.1) is 19.3 Å². The Labute approximate surface area is 160 Å². The van der Waals surface area contributed by atoms with Crippen LogP contribution in [-0.4, -0.2) is 25.2 Å². The van der Waals surface area contributed by atoms with Crippen molar-refractivity contribution in [1.29, 1.82) is 0 Å². The smallest absolute Gasteiger partial charge is 0.237 e. The molecule has 0 spiro atoms. The van der Waals surface area contributed by atoms with Gasteiger partial charge in [0.2, 0.25) is 5.91 Å². The summed E-state index contributed by atoms with van der Waals surface area (Å²) in [6.45, 7) is 0.382. The minimum atomic E-state index is -0.579. The number of hydrogen-bond donors (Lipinski definition) is 2. The molecule has 2 aromatic carbocycles. The molecule has 5 nitrogen and oxygen atoms in total. The van der Waals surface area contributed by atoms with Gasteiger partial charge in [0.25, 0.3) is 0 Å². The first-order chi connectivity index (χ1) is 13.2. The Morgan fingerprint density at radius 1 is 1.19 bits per heavy atom. The third kappa shape index (κ3) is 5.47. The topological polar surface area (TPSA) is 73.6 Å². The van der Waals surface area contributed by atoms with E-state index >= 15 is 0 Å². The first-order valence-corrected chi connectivity index (χ1v) is 9.56. The number of carbonyl (C=O) groups is 1. The van der Waals surface area contributed by atoms with Gasteiger partial charge in [0.15, 0.2) is 0 Å². The highest BCUT2D eigenvalue weighted by molar-refractivity contribution is 5.81. The van der Waals surface area contributed by atoms with Gasteiger partial charge < -0.3 is 20.5 Å². The number of ether oxygens (including phenoxy) is 2. The van der Waals surface area contributed by atoms with Crippen LogP contribution >= 0.6 is 0 Å². The highest BCUT2D eigenvalue weighted by Gasteiger charge is 2.19. The lowest BCUT2D eigenvalue weighted by Crippen LogP contribution is -2.41. The van der Waals surface area contributed by atoms with E-state index < -0.39 is 6.04 Å². The van der Waals surface area contributed by atoms with E-state index in [1.54, 1.807) is 7.11 Å². The summed E-state index contributed by atoms with van der Waals surface area (Å²) in [5.74, 6) is 1.36. The highest BCUT2D eigenvalue weighted by atomic mass is 16.5. The molecule has 1 fully saturated rings. The van der Waals surface area contributed by atoms with Gasteiger partial charge in [-0.25, -0.2) is 0 Å². The molecule has 1 aliphatic rings. The molecular formula is C22H28N2O3. The van der Waals surface area contributed by atoms with Gasteiger partial charge in [0, 0.05) is 18.2 Å². The van der Waals surface area contributed by atoms with Gasteiger partial charge in [-0.1, -0.05) is 30.3 Å². The van der Waals surface area contributed by atoms with Crippen LogP contribution in [0.5, 0.6) is 11.5 Å². The number of rotatable bonds is 8. The third-order valence-electron chi connectivity index (χ3n) is 4.96. The van der Waals surface area contributed by atoms with Gasteiger partial charge in [-0.15, -0.1) is 0 Å². The van der Waals surface area contributed by atoms with Crippen molar-refractivity contribution in [1.82, 2.24) is 5.32 Å². The largest absolute Gasteiger partial charge is 0.497 e. The lowest BCUT2D eigenvalue weighted by molar-refractivity contribution is -0.122. The Hall–Kier alpha value is -2.53. The molecule has 1 aliphatic carbocycles. The highest BCUT2D eigenvalue weighted by Crippen LogP contribution is 2.30. The molecule has 0 radical (unpaired) electrons. The molecule has 0 heterocycles. The van der Waals surface area contributed by atoms with Crippen LogP contribution in [0.2, 0.25) is 0 Å². The number of carbonyl (C=O) groups excluding carboxylic acids is 1. The summed E-state index contributed by atoms with van der Waals surface area (Å²) in [6, 6.07) is 14.9. The van der Waals surface area contributed by atoms with E-state index in [2.05, 4.69) is 5.32 Å². The maximum atomic E-state index is 12.4.